The molecular formula is C4H4IN3O2. The van der Waals surface area contributed by atoms with Crippen LogP contribution in [0.25, 0.3) is 0 Å². The molecule has 0 unspecified atom stereocenters. The number of carboxylic acid groups (broad SMARTS) is 1. The number of hydrogen-bond donors (Lipinski definition) is 1. The van der Waals surface area contributed by atoms with E-state index in [0.717, 1.165) is 0 Å². The number of carboxylic acids is 1. The summed E-state index contributed by atoms with van der Waals surface area (Å²) in [4.78, 5) is 10.1. The quantitative estimate of drug-likeness (QED) is 0.747. The first-order valence-electron chi connectivity index (χ1n) is 2.46. The second-order valence-electron chi connectivity index (χ2n) is 1.63. The van der Waals surface area contributed by atoms with E-state index in [2.05, 4.69) is 10.3 Å². The summed E-state index contributed by atoms with van der Waals surface area (Å²) in [6.07, 6.45) is 1.56. The molecule has 6 heteroatoms. The van der Waals surface area contributed by atoms with Crippen molar-refractivity contribution >= 4 is 28.6 Å². The Morgan fingerprint density at radius 3 is 3.00 bits per heavy atom. The molecule has 0 radical (unpaired) electrons. The van der Waals surface area contributed by atoms with Crippen molar-refractivity contribution in [1.82, 2.24) is 15.0 Å². The lowest BCUT2D eigenvalue weighted by Gasteiger charge is -1.89. The van der Waals surface area contributed by atoms with E-state index in [-0.39, 0.29) is 6.54 Å². The zero-order valence-corrected chi connectivity index (χ0v) is 7.02. The second-order valence-corrected chi connectivity index (χ2v) is 2.74. The molecule has 0 spiro atoms. The van der Waals surface area contributed by atoms with Crippen molar-refractivity contribution in [2.75, 3.05) is 0 Å². The molecule has 54 valence electrons. The summed E-state index contributed by atoms with van der Waals surface area (Å²) < 4.78 is 1.96. The largest absolute Gasteiger partial charge is 0.480 e. The summed E-state index contributed by atoms with van der Waals surface area (Å²) in [5.41, 5.74) is 0. The minimum absolute atomic E-state index is 0.129. The van der Waals surface area contributed by atoms with Gasteiger partial charge in [0.05, 0.1) is 6.20 Å². The molecule has 1 aromatic heterocycles. The number of nitrogens with zero attached hydrogens (tertiary/aromatic N) is 3. The highest BCUT2D eigenvalue weighted by Crippen LogP contribution is 1.95. The summed E-state index contributed by atoms with van der Waals surface area (Å²) in [5, 5.41) is 15.4. The van der Waals surface area contributed by atoms with Gasteiger partial charge in [0.25, 0.3) is 0 Å². The Kier molecular flexibility index (Phi) is 2.20. The molecule has 0 bridgehead atoms. The van der Waals surface area contributed by atoms with E-state index in [1.54, 1.807) is 6.20 Å². The molecule has 0 aliphatic rings. The highest BCUT2D eigenvalue weighted by molar-refractivity contribution is 14.1. The average Bonchev–Trinajstić information content (AvgIpc) is 2.13. The standard InChI is InChI=1S/C4H4IN3O2/c5-3-1-8(7-6-3)2-4(9)10/h1H,2H2,(H,9,10)/i5-4. The molecule has 10 heavy (non-hydrogen) atoms. The van der Waals surface area contributed by atoms with Gasteiger partial charge in [0.2, 0.25) is 0 Å². The van der Waals surface area contributed by atoms with Crippen molar-refractivity contribution in [3.05, 3.63) is 9.90 Å². The second kappa shape index (κ2) is 2.95. The van der Waals surface area contributed by atoms with Crippen LogP contribution >= 0.6 is 22.6 Å². The maximum atomic E-state index is 10.1. The fourth-order valence-corrected chi connectivity index (χ4v) is 0.909. The molecule has 0 aliphatic heterocycles. The van der Waals surface area contributed by atoms with Crippen molar-refractivity contribution in [1.29, 1.82) is 0 Å². The summed E-state index contributed by atoms with van der Waals surface area (Å²) in [7, 11) is 0. The number of rotatable bonds is 2. The third-order valence-corrected chi connectivity index (χ3v) is 1.30. The molecule has 0 saturated heterocycles. The third-order valence-electron chi connectivity index (χ3n) is 0.808. The predicted octanol–water partition coefficient (Wildman–Crippen LogP) is -0.0327. The highest BCUT2D eigenvalue weighted by Gasteiger charge is 2.00. The van der Waals surface area contributed by atoms with E-state index in [1.165, 1.54) is 4.68 Å². The van der Waals surface area contributed by atoms with Crippen LogP contribution in [-0.4, -0.2) is 26.1 Å². The first-order chi connectivity index (χ1) is 4.68. The summed E-state index contributed by atoms with van der Waals surface area (Å²) >= 11 is 1.96. The lowest BCUT2D eigenvalue weighted by molar-refractivity contribution is -0.137. The maximum absolute atomic E-state index is 10.1. The van der Waals surface area contributed by atoms with E-state index >= 15 is 0 Å². The van der Waals surface area contributed by atoms with Gasteiger partial charge in [0.15, 0.2) is 0 Å². The van der Waals surface area contributed by atoms with Gasteiger partial charge in [0, 0.05) is 0 Å². The van der Waals surface area contributed by atoms with Crippen LogP contribution in [0.5, 0.6) is 0 Å². The minimum Gasteiger partial charge on any atom is -0.480 e. The highest BCUT2D eigenvalue weighted by atomic mass is 123. The molecule has 1 heterocycles. The van der Waals surface area contributed by atoms with Gasteiger partial charge < -0.3 is 5.11 Å². The SMILES string of the molecule is O=C(O)Cn1cc([123I])nn1. The van der Waals surface area contributed by atoms with Crippen LogP contribution in [0.3, 0.4) is 0 Å². The van der Waals surface area contributed by atoms with Crippen LogP contribution in [-0.2, 0) is 11.3 Å². The first kappa shape index (κ1) is 7.45. The van der Waals surface area contributed by atoms with Gasteiger partial charge >= 0.3 is 5.97 Å². The molecule has 0 atom stereocenters. The Hall–Kier alpha value is -0.660. The Balaban J connectivity index is 2.67. The zero-order chi connectivity index (χ0) is 7.56. The number of halogens is 1. The first-order valence-corrected chi connectivity index (χ1v) is 3.54. The van der Waals surface area contributed by atoms with Crippen molar-refractivity contribution < 1.29 is 9.90 Å². The molecular weight excluding hydrogens is 245 g/mol. The predicted molar refractivity (Wildman–Crippen MR) is 40.4 cm³/mol. The molecule has 5 nitrogen and oxygen atoms in total. The normalized spacial score (nSPS) is 9.70. The van der Waals surface area contributed by atoms with Crippen molar-refractivity contribution in [2.24, 2.45) is 0 Å². The molecule has 0 aliphatic carbocycles. The Morgan fingerprint density at radius 2 is 2.60 bits per heavy atom. The van der Waals surface area contributed by atoms with E-state index in [4.69, 9.17) is 5.11 Å². The Labute approximate surface area is 70.2 Å². The van der Waals surface area contributed by atoms with Crippen molar-refractivity contribution in [3.63, 3.8) is 0 Å². The monoisotopic (exact) mass is 249 g/mol. The molecule has 1 N–H and O–H groups in total. The number of aromatic nitrogens is 3. The van der Waals surface area contributed by atoms with E-state index in [9.17, 15) is 4.79 Å². The van der Waals surface area contributed by atoms with Crippen molar-refractivity contribution in [2.45, 2.75) is 6.54 Å². The van der Waals surface area contributed by atoms with Crippen LogP contribution in [0.2, 0.25) is 0 Å². The average molecular weight is 249 g/mol. The molecule has 0 amide bonds. The fraction of sp³-hybridized carbons (Fsp3) is 0.250. The van der Waals surface area contributed by atoms with Gasteiger partial charge in [-0.2, -0.15) is 0 Å². The van der Waals surface area contributed by atoms with Gasteiger partial charge in [-0.3, -0.25) is 4.79 Å². The van der Waals surface area contributed by atoms with Crippen LogP contribution in [0.4, 0.5) is 0 Å². The van der Waals surface area contributed by atoms with E-state index in [1.807, 2.05) is 22.6 Å². The summed E-state index contributed by atoms with van der Waals surface area (Å²) in [6, 6.07) is 0. The van der Waals surface area contributed by atoms with Crippen molar-refractivity contribution in [3.8, 4) is 0 Å². The zero-order valence-electron chi connectivity index (χ0n) is 4.86. The molecule has 0 aromatic carbocycles. The maximum Gasteiger partial charge on any atom is 0.325 e. The van der Waals surface area contributed by atoms with Gasteiger partial charge in [-0.15, -0.1) is 5.10 Å². The number of carbonyl (C=O) groups is 1. The lowest BCUT2D eigenvalue weighted by Crippen LogP contribution is -2.08. The number of hydrogen-bond acceptors (Lipinski definition) is 3. The van der Waals surface area contributed by atoms with Crippen LogP contribution < -0.4 is 0 Å². The minimum atomic E-state index is -0.915. The topological polar surface area (TPSA) is 68.0 Å². The smallest absolute Gasteiger partial charge is 0.325 e. The molecule has 0 fully saturated rings. The molecule has 1 rings (SSSR count). The molecule has 1 aromatic rings. The van der Waals surface area contributed by atoms with E-state index < -0.39 is 5.97 Å². The fourth-order valence-electron chi connectivity index (χ4n) is 0.491. The van der Waals surface area contributed by atoms with Gasteiger partial charge in [-0.1, -0.05) is 5.21 Å². The van der Waals surface area contributed by atoms with Gasteiger partial charge in [-0.05, 0) is 22.6 Å². The Bertz CT molecular complexity index is 246. The number of aliphatic carboxylic acids is 1. The van der Waals surface area contributed by atoms with Gasteiger partial charge in [0.1, 0.15) is 10.2 Å². The summed E-state index contributed by atoms with van der Waals surface area (Å²) in [6.45, 7) is -0.129. The lowest BCUT2D eigenvalue weighted by atomic mass is 10.7. The third kappa shape index (κ3) is 1.94. The van der Waals surface area contributed by atoms with Gasteiger partial charge in [-0.25, -0.2) is 4.68 Å². The summed E-state index contributed by atoms with van der Waals surface area (Å²) in [5.74, 6) is -0.915. The molecule has 0 saturated carbocycles. The van der Waals surface area contributed by atoms with E-state index in [0.29, 0.717) is 3.70 Å². The Morgan fingerprint density at radius 1 is 1.90 bits per heavy atom. The van der Waals surface area contributed by atoms with Crippen LogP contribution in [0.1, 0.15) is 0 Å². The van der Waals surface area contributed by atoms with Crippen LogP contribution in [0, 0.1) is 3.70 Å². The van der Waals surface area contributed by atoms with Crippen LogP contribution in [0.15, 0.2) is 6.20 Å².